The maximum atomic E-state index is 13.0. The molecule has 9 nitrogen and oxygen atoms in total. The highest BCUT2D eigenvalue weighted by Crippen LogP contribution is 2.43. The summed E-state index contributed by atoms with van der Waals surface area (Å²) in [5.74, 6) is 1.78. The summed E-state index contributed by atoms with van der Waals surface area (Å²) in [7, 11) is 3.24. The highest BCUT2D eigenvalue weighted by Gasteiger charge is 2.24. The number of aromatic nitrogens is 4. The van der Waals surface area contributed by atoms with Crippen molar-refractivity contribution in [3.05, 3.63) is 59.7 Å². The lowest BCUT2D eigenvalue weighted by Gasteiger charge is -2.22. The predicted octanol–water partition coefficient (Wildman–Crippen LogP) is 5.83. The lowest BCUT2D eigenvalue weighted by Crippen LogP contribution is -2.20. The first-order chi connectivity index (χ1) is 18.7. The minimum Gasteiger partial charge on any atom is -0.494 e. The number of benzene rings is 2. The molecule has 0 bridgehead atoms. The van der Waals surface area contributed by atoms with Crippen LogP contribution in [0.2, 0.25) is 0 Å². The van der Waals surface area contributed by atoms with Gasteiger partial charge in [0.25, 0.3) is 0 Å². The van der Waals surface area contributed by atoms with E-state index in [2.05, 4.69) is 39.8 Å². The van der Waals surface area contributed by atoms with Crippen LogP contribution in [0, 0.1) is 0 Å². The van der Waals surface area contributed by atoms with E-state index in [-0.39, 0.29) is 0 Å². The number of thiophene rings is 1. The van der Waals surface area contributed by atoms with Crippen molar-refractivity contribution in [3.8, 4) is 16.9 Å². The highest BCUT2D eigenvalue weighted by atomic mass is 32.1. The highest BCUT2D eigenvalue weighted by molar-refractivity contribution is 7.70. The van der Waals surface area contributed by atoms with E-state index in [1.807, 2.05) is 53.6 Å². The van der Waals surface area contributed by atoms with E-state index in [4.69, 9.17) is 14.7 Å². The molecule has 0 amide bonds. The first kappa shape index (κ1) is 25.4. The van der Waals surface area contributed by atoms with Crippen LogP contribution in [0.5, 0.6) is 5.75 Å². The fourth-order valence-corrected chi connectivity index (χ4v) is 6.98. The number of nitrogens with one attached hydrogen (secondary N) is 2. The molecular formula is C28H30N7O2PS. The summed E-state index contributed by atoms with van der Waals surface area (Å²) in [6.45, 7) is 4.43. The number of fused-ring (bicyclic) bond motifs is 4. The van der Waals surface area contributed by atoms with Crippen LogP contribution in [0.4, 0.5) is 28.8 Å². The second kappa shape index (κ2) is 9.70. The Morgan fingerprint density at radius 3 is 2.64 bits per heavy atom. The van der Waals surface area contributed by atoms with Crippen LogP contribution in [0.15, 0.2) is 54.0 Å². The zero-order chi connectivity index (χ0) is 27.3. The average molecular weight is 560 g/mol. The van der Waals surface area contributed by atoms with E-state index in [0.717, 1.165) is 56.7 Å². The Balaban J connectivity index is 1.44. The molecule has 5 aromatic rings. The van der Waals surface area contributed by atoms with Gasteiger partial charge in [-0.25, -0.2) is 4.98 Å². The van der Waals surface area contributed by atoms with Crippen LogP contribution in [-0.2, 0) is 18.0 Å². The van der Waals surface area contributed by atoms with Crippen molar-refractivity contribution < 1.29 is 9.30 Å². The molecule has 200 valence electrons. The second-order valence-electron chi connectivity index (χ2n) is 10.0. The first-order valence-electron chi connectivity index (χ1n) is 12.6. The molecule has 0 unspecified atom stereocenters. The SMILES string of the molecule is COc1cc2c(cc1Nc1nc(Nc3ccccc3P(C)(C)=O)c3sccc3n1)-c1cnn(C)c1CCN2C. The molecule has 1 aliphatic rings. The summed E-state index contributed by atoms with van der Waals surface area (Å²) in [6, 6.07) is 13.8. The molecule has 6 rings (SSSR count). The molecule has 0 spiro atoms. The van der Waals surface area contributed by atoms with E-state index in [1.165, 1.54) is 5.69 Å². The fourth-order valence-electron chi connectivity index (χ4n) is 5.05. The number of hydrogen-bond donors (Lipinski definition) is 2. The first-order valence-corrected chi connectivity index (χ1v) is 16.1. The van der Waals surface area contributed by atoms with Gasteiger partial charge in [-0.05, 0) is 43.0 Å². The smallest absolute Gasteiger partial charge is 0.229 e. The lowest BCUT2D eigenvalue weighted by atomic mass is 10.0. The zero-order valence-electron chi connectivity index (χ0n) is 22.5. The van der Waals surface area contributed by atoms with Crippen molar-refractivity contribution in [1.29, 1.82) is 0 Å². The fraction of sp³-hybridized carbons (Fsp3) is 0.250. The van der Waals surface area contributed by atoms with E-state index >= 15 is 0 Å². The van der Waals surface area contributed by atoms with Crippen molar-refractivity contribution in [2.24, 2.45) is 7.05 Å². The third kappa shape index (κ3) is 4.64. The largest absolute Gasteiger partial charge is 0.494 e. The van der Waals surface area contributed by atoms with Crippen LogP contribution in [0.1, 0.15) is 5.69 Å². The predicted molar refractivity (Wildman–Crippen MR) is 162 cm³/mol. The summed E-state index contributed by atoms with van der Waals surface area (Å²) < 4.78 is 21.6. The maximum absolute atomic E-state index is 13.0. The zero-order valence-corrected chi connectivity index (χ0v) is 24.2. The number of hydrogen-bond acceptors (Lipinski definition) is 9. The normalized spacial score (nSPS) is 13.1. The van der Waals surface area contributed by atoms with Gasteiger partial charge in [-0.2, -0.15) is 10.1 Å². The topological polar surface area (TPSA) is 97.2 Å². The summed E-state index contributed by atoms with van der Waals surface area (Å²) >= 11 is 1.56. The number of likely N-dealkylation sites (N-methyl/N-ethyl adjacent to an activating group) is 1. The minimum absolute atomic E-state index is 0.434. The second-order valence-corrected chi connectivity index (χ2v) is 14.1. The number of para-hydroxylation sites is 1. The van der Waals surface area contributed by atoms with Gasteiger partial charge in [0.2, 0.25) is 5.95 Å². The van der Waals surface area contributed by atoms with Gasteiger partial charge in [-0.15, -0.1) is 11.3 Å². The van der Waals surface area contributed by atoms with Gasteiger partial charge in [0.05, 0.1) is 34.9 Å². The van der Waals surface area contributed by atoms with Gasteiger partial charge < -0.3 is 24.8 Å². The van der Waals surface area contributed by atoms with Crippen LogP contribution >= 0.6 is 18.5 Å². The molecule has 4 heterocycles. The summed E-state index contributed by atoms with van der Waals surface area (Å²) in [5, 5.41) is 14.2. The summed E-state index contributed by atoms with van der Waals surface area (Å²) in [5.41, 5.74) is 6.82. The third-order valence-corrected chi connectivity index (χ3v) is 9.51. The Hall–Kier alpha value is -3.88. The molecule has 39 heavy (non-hydrogen) atoms. The van der Waals surface area contributed by atoms with E-state index in [0.29, 0.717) is 17.5 Å². The van der Waals surface area contributed by atoms with Crippen molar-refractivity contribution in [2.75, 3.05) is 49.6 Å². The Morgan fingerprint density at radius 2 is 1.85 bits per heavy atom. The Morgan fingerprint density at radius 1 is 1.03 bits per heavy atom. The number of ether oxygens (including phenoxy) is 1. The van der Waals surface area contributed by atoms with Gasteiger partial charge in [0, 0.05) is 60.9 Å². The molecule has 0 saturated carbocycles. The summed E-state index contributed by atoms with van der Waals surface area (Å²) in [4.78, 5) is 11.9. The Labute approximate surface area is 231 Å². The number of rotatable bonds is 6. The molecule has 2 N–H and O–H groups in total. The van der Waals surface area contributed by atoms with Gasteiger partial charge in [0.15, 0.2) is 5.82 Å². The molecule has 0 atom stereocenters. The molecule has 1 aliphatic heterocycles. The Kier molecular flexibility index (Phi) is 6.32. The standard InChI is InChI=1S/C28H30N7O2PS/c1-34-12-10-22-18(16-29-35(22)2)17-14-21(24(37-3)15-23(17)34)32-28-31-20-11-13-39-26(20)27(33-28)30-19-8-6-7-9-25(19)38(4,5)36/h6-9,11,13-16H,10,12H2,1-5H3,(H2,30,31,32,33). The molecular weight excluding hydrogens is 529 g/mol. The number of methoxy groups -OCH3 is 1. The Bertz CT molecular complexity index is 1760. The van der Waals surface area contributed by atoms with Gasteiger partial charge >= 0.3 is 0 Å². The number of anilines is 5. The molecule has 0 fully saturated rings. The molecule has 3 aromatic heterocycles. The van der Waals surface area contributed by atoms with Crippen LogP contribution < -0.4 is 25.6 Å². The van der Waals surface area contributed by atoms with E-state index in [1.54, 1.807) is 31.8 Å². The molecule has 0 aliphatic carbocycles. The van der Waals surface area contributed by atoms with Crippen molar-refractivity contribution in [1.82, 2.24) is 19.7 Å². The number of nitrogens with zero attached hydrogens (tertiary/aromatic N) is 5. The van der Waals surface area contributed by atoms with Gasteiger partial charge in [-0.1, -0.05) is 12.1 Å². The van der Waals surface area contributed by atoms with Crippen LogP contribution in [0.25, 0.3) is 21.3 Å². The number of aryl methyl sites for hydroxylation is 1. The van der Waals surface area contributed by atoms with Crippen molar-refractivity contribution in [2.45, 2.75) is 6.42 Å². The van der Waals surface area contributed by atoms with Crippen molar-refractivity contribution >= 4 is 62.8 Å². The molecule has 2 aromatic carbocycles. The van der Waals surface area contributed by atoms with Gasteiger partial charge in [-0.3, -0.25) is 4.68 Å². The summed E-state index contributed by atoms with van der Waals surface area (Å²) in [6.07, 6.45) is 2.83. The van der Waals surface area contributed by atoms with E-state index < -0.39 is 7.14 Å². The monoisotopic (exact) mass is 559 g/mol. The minimum atomic E-state index is -2.51. The maximum Gasteiger partial charge on any atom is 0.229 e. The van der Waals surface area contributed by atoms with Crippen LogP contribution in [-0.4, -0.2) is 53.8 Å². The van der Waals surface area contributed by atoms with Crippen LogP contribution in [0.3, 0.4) is 0 Å². The third-order valence-electron chi connectivity index (χ3n) is 7.05. The lowest BCUT2D eigenvalue weighted by molar-refractivity contribution is 0.417. The van der Waals surface area contributed by atoms with Crippen molar-refractivity contribution in [3.63, 3.8) is 0 Å². The molecule has 0 radical (unpaired) electrons. The van der Waals surface area contributed by atoms with Gasteiger partial charge in [0.1, 0.15) is 12.9 Å². The van der Waals surface area contributed by atoms with E-state index in [9.17, 15) is 4.57 Å². The molecule has 11 heteroatoms. The quantitative estimate of drug-likeness (QED) is 0.251. The average Bonchev–Trinajstić information content (AvgIpc) is 3.50. The molecule has 0 saturated heterocycles.